The molecular formula is C20H18N2O3S. The molecule has 132 valence electrons. The van der Waals surface area contributed by atoms with Crippen LogP contribution in [0.15, 0.2) is 53.9 Å². The number of anilines is 1. The van der Waals surface area contributed by atoms with E-state index in [0.29, 0.717) is 11.4 Å². The van der Waals surface area contributed by atoms with Gasteiger partial charge < -0.3 is 14.7 Å². The van der Waals surface area contributed by atoms with E-state index in [9.17, 15) is 9.90 Å². The number of thiazole rings is 1. The molecular weight excluding hydrogens is 348 g/mol. The fraction of sp³-hybridized carbons (Fsp3) is 0.200. The predicted molar refractivity (Wildman–Crippen MR) is 102 cm³/mol. The number of amides is 1. The maximum absolute atomic E-state index is 12.1. The second kappa shape index (κ2) is 7.27. The van der Waals surface area contributed by atoms with Crippen molar-refractivity contribution in [1.82, 2.24) is 4.98 Å². The summed E-state index contributed by atoms with van der Waals surface area (Å²) in [4.78, 5) is 18.4. The van der Waals surface area contributed by atoms with E-state index in [0.717, 1.165) is 22.7 Å². The van der Waals surface area contributed by atoms with E-state index in [4.69, 9.17) is 9.72 Å². The summed E-state index contributed by atoms with van der Waals surface area (Å²) in [6, 6.07) is 16.0. The van der Waals surface area contributed by atoms with Gasteiger partial charge in [-0.15, -0.1) is 11.3 Å². The van der Waals surface area contributed by atoms with E-state index in [1.54, 1.807) is 16.2 Å². The van der Waals surface area contributed by atoms with Gasteiger partial charge in [0.15, 0.2) is 6.61 Å². The van der Waals surface area contributed by atoms with Crippen LogP contribution in [0.1, 0.15) is 10.6 Å². The summed E-state index contributed by atoms with van der Waals surface area (Å²) >= 11 is 1.63. The van der Waals surface area contributed by atoms with Crippen LogP contribution in [0.25, 0.3) is 11.3 Å². The number of hydrogen-bond donors (Lipinski definition) is 1. The Morgan fingerprint density at radius 1 is 1.19 bits per heavy atom. The van der Waals surface area contributed by atoms with Crippen molar-refractivity contribution >= 4 is 22.9 Å². The van der Waals surface area contributed by atoms with Gasteiger partial charge >= 0.3 is 0 Å². The van der Waals surface area contributed by atoms with Crippen molar-refractivity contribution < 1.29 is 14.6 Å². The summed E-state index contributed by atoms with van der Waals surface area (Å²) in [5, 5.41) is 12.3. The SMILES string of the molecule is O=C1COc2ccc(-c3csc(Cc4ccccc4)n3)cc2N1CCO. The minimum absolute atomic E-state index is 0.00424. The van der Waals surface area contributed by atoms with Gasteiger partial charge in [-0.05, 0) is 23.8 Å². The van der Waals surface area contributed by atoms with Gasteiger partial charge in [0, 0.05) is 23.9 Å². The molecule has 0 fully saturated rings. The second-order valence-corrected chi connectivity index (χ2v) is 6.97. The summed E-state index contributed by atoms with van der Waals surface area (Å²) in [5.41, 5.74) is 3.73. The zero-order valence-electron chi connectivity index (χ0n) is 14.1. The third-order valence-corrected chi connectivity index (χ3v) is 5.12. The Kier molecular flexibility index (Phi) is 4.69. The highest BCUT2D eigenvalue weighted by Crippen LogP contribution is 2.36. The molecule has 1 N–H and O–H groups in total. The molecule has 2 heterocycles. The van der Waals surface area contributed by atoms with Crippen LogP contribution in [0, 0.1) is 0 Å². The normalized spacial score (nSPS) is 13.4. The number of benzene rings is 2. The quantitative estimate of drug-likeness (QED) is 0.754. The smallest absolute Gasteiger partial charge is 0.265 e. The van der Waals surface area contributed by atoms with Crippen molar-refractivity contribution in [3.8, 4) is 17.0 Å². The highest BCUT2D eigenvalue weighted by Gasteiger charge is 2.25. The van der Waals surface area contributed by atoms with E-state index in [-0.39, 0.29) is 25.7 Å². The van der Waals surface area contributed by atoms with Gasteiger partial charge in [0.05, 0.1) is 23.0 Å². The van der Waals surface area contributed by atoms with Crippen molar-refractivity contribution in [2.45, 2.75) is 6.42 Å². The summed E-state index contributed by atoms with van der Waals surface area (Å²) in [6.45, 7) is 0.173. The lowest BCUT2D eigenvalue weighted by atomic mass is 10.1. The molecule has 6 heteroatoms. The lowest BCUT2D eigenvalue weighted by molar-refractivity contribution is -0.121. The maximum atomic E-state index is 12.1. The van der Waals surface area contributed by atoms with E-state index >= 15 is 0 Å². The molecule has 0 radical (unpaired) electrons. The molecule has 0 atom stereocenters. The first-order valence-corrected chi connectivity index (χ1v) is 9.29. The molecule has 3 aromatic rings. The van der Waals surface area contributed by atoms with Crippen molar-refractivity contribution in [3.63, 3.8) is 0 Å². The summed E-state index contributed by atoms with van der Waals surface area (Å²) in [5.74, 6) is 0.508. The third-order valence-electron chi connectivity index (χ3n) is 4.27. The average Bonchev–Trinajstić information content (AvgIpc) is 3.13. The van der Waals surface area contributed by atoms with Crippen LogP contribution in [0.4, 0.5) is 5.69 Å². The molecule has 4 rings (SSSR count). The van der Waals surface area contributed by atoms with Crippen LogP contribution < -0.4 is 9.64 Å². The number of β-amino-alcohol motifs (C(OH)–C–C–N with tert-alkyl or cyclic N) is 1. The van der Waals surface area contributed by atoms with Crippen LogP contribution in [0.3, 0.4) is 0 Å². The highest BCUT2D eigenvalue weighted by molar-refractivity contribution is 7.10. The molecule has 0 spiro atoms. The monoisotopic (exact) mass is 366 g/mol. The molecule has 0 bridgehead atoms. The van der Waals surface area contributed by atoms with Crippen LogP contribution in [0.2, 0.25) is 0 Å². The molecule has 0 saturated carbocycles. The molecule has 1 aromatic heterocycles. The van der Waals surface area contributed by atoms with Gasteiger partial charge in [0.2, 0.25) is 0 Å². The number of hydrogen-bond acceptors (Lipinski definition) is 5. The van der Waals surface area contributed by atoms with Gasteiger partial charge in [-0.25, -0.2) is 4.98 Å². The van der Waals surface area contributed by atoms with Crippen LogP contribution in [-0.4, -0.2) is 35.8 Å². The lowest BCUT2D eigenvalue weighted by Crippen LogP contribution is -2.40. The second-order valence-electron chi connectivity index (χ2n) is 6.03. The number of nitrogens with zero attached hydrogens (tertiary/aromatic N) is 2. The molecule has 1 amide bonds. The van der Waals surface area contributed by atoms with Gasteiger partial charge in [0.1, 0.15) is 5.75 Å². The first-order chi connectivity index (χ1) is 12.7. The molecule has 1 aliphatic heterocycles. The van der Waals surface area contributed by atoms with Crippen LogP contribution >= 0.6 is 11.3 Å². The van der Waals surface area contributed by atoms with Crippen molar-refractivity contribution in [2.75, 3.05) is 24.7 Å². The van der Waals surface area contributed by atoms with E-state index < -0.39 is 0 Å². The number of ether oxygens (including phenoxy) is 1. The average molecular weight is 366 g/mol. The number of fused-ring (bicyclic) bond motifs is 1. The maximum Gasteiger partial charge on any atom is 0.265 e. The number of carbonyl (C=O) groups excluding carboxylic acids is 1. The molecule has 1 aliphatic rings. The Morgan fingerprint density at radius 2 is 2.04 bits per heavy atom. The lowest BCUT2D eigenvalue weighted by Gasteiger charge is -2.29. The summed E-state index contributed by atoms with van der Waals surface area (Å²) < 4.78 is 5.50. The molecule has 0 aliphatic carbocycles. The fourth-order valence-electron chi connectivity index (χ4n) is 3.00. The fourth-order valence-corrected chi connectivity index (χ4v) is 3.84. The topological polar surface area (TPSA) is 62.7 Å². The summed E-state index contributed by atoms with van der Waals surface area (Å²) in [6.07, 6.45) is 0.800. The third kappa shape index (κ3) is 3.34. The molecule has 2 aromatic carbocycles. The first kappa shape index (κ1) is 16.8. The predicted octanol–water partition coefficient (Wildman–Crippen LogP) is 3.12. The van der Waals surface area contributed by atoms with E-state index in [2.05, 4.69) is 12.1 Å². The molecule has 0 saturated heterocycles. The Balaban J connectivity index is 1.62. The zero-order valence-corrected chi connectivity index (χ0v) is 14.9. The van der Waals surface area contributed by atoms with Gasteiger partial charge in [-0.3, -0.25) is 4.79 Å². The highest BCUT2D eigenvalue weighted by atomic mass is 32.1. The zero-order chi connectivity index (χ0) is 17.9. The number of aliphatic hydroxyl groups excluding tert-OH is 1. The molecule has 0 unspecified atom stereocenters. The van der Waals surface area contributed by atoms with E-state index in [1.807, 2.05) is 41.8 Å². The van der Waals surface area contributed by atoms with Crippen molar-refractivity contribution in [1.29, 1.82) is 0 Å². The number of carbonyl (C=O) groups is 1. The first-order valence-electron chi connectivity index (χ1n) is 8.41. The largest absolute Gasteiger partial charge is 0.482 e. The minimum atomic E-state index is -0.147. The number of aromatic nitrogens is 1. The van der Waals surface area contributed by atoms with Crippen molar-refractivity contribution in [2.24, 2.45) is 0 Å². The molecule has 5 nitrogen and oxygen atoms in total. The standard InChI is InChI=1S/C20H18N2O3S/c23-9-8-22-17-11-15(6-7-18(17)25-12-20(22)24)16-13-26-19(21-16)10-14-4-2-1-3-5-14/h1-7,11,13,23H,8-10,12H2. The number of aliphatic hydroxyl groups is 1. The van der Waals surface area contributed by atoms with Crippen LogP contribution in [0.5, 0.6) is 5.75 Å². The van der Waals surface area contributed by atoms with Gasteiger partial charge in [0.25, 0.3) is 5.91 Å². The molecule has 26 heavy (non-hydrogen) atoms. The Morgan fingerprint density at radius 3 is 2.85 bits per heavy atom. The van der Waals surface area contributed by atoms with Gasteiger partial charge in [-0.1, -0.05) is 30.3 Å². The van der Waals surface area contributed by atoms with Crippen molar-refractivity contribution in [3.05, 3.63) is 64.5 Å². The Bertz CT molecular complexity index is 924. The minimum Gasteiger partial charge on any atom is -0.482 e. The van der Waals surface area contributed by atoms with E-state index in [1.165, 1.54) is 5.56 Å². The van der Waals surface area contributed by atoms with Crippen LogP contribution in [-0.2, 0) is 11.2 Å². The Labute approximate surface area is 155 Å². The summed E-state index contributed by atoms with van der Waals surface area (Å²) in [7, 11) is 0. The van der Waals surface area contributed by atoms with Gasteiger partial charge in [-0.2, -0.15) is 0 Å². The number of rotatable bonds is 5. The Hall–Kier alpha value is -2.70.